The first-order chi connectivity index (χ1) is 9.11. The predicted octanol–water partition coefficient (Wildman–Crippen LogP) is 3.23. The van der Waals surface area contributed by atoms with E-state index in [1.807, 2.05) is 11.7 Å². The molecule has 0 saturated carbocycles. The molecular formula is C15H20ClN3. The van der Waals surface area contributed by atoms with Crippen molar-refractivity contribution in [1.82, 2.24) is 15.1 Å². The largest absolute Gasteiger partial charge is 0.307 e. The number of nitrogens with one attached hydrogen (secondary N) is 1. The van der Waals surface area contributed by atoms with Gasteiger partial charge in [0.2, 0.25) is 0 Å². The molecule has 0 aliphatic rings. The topological polar surface area (TPSA) is 29.9 Å². The smallest absolute Gasteiger partial charge is 0.0863 e. The zero-order valence-electron chi connectivity index (χ0n) is 11.7. The second kappa shape index (κ2) is 6.22. The number of hydrogen-bond donors (Lipinski definition) is 1. The van der Waals surface area contributed by atoms with Crippen LogP contribution < -0.4 is 5.32 Å². The fourth-order valence-corrected chi connectivity index (χ4v) is 2.40. The van der Waals surface area contributed by atoms with Gasteiger partial charge in [0.05, 0.1) is 16.4 Å². The molecule has 0 atom stereocenters. The summed E-state index contributed by atoms with van der Waals surface area (Å²) in [5.41, 5.74) is 4.58. The lowest BCUT2D eigenvalue weighted by molar-refractivity contribution is 0.623. The second-order valence-electron chi connectivity index (χ2n) is 4.77. The van der Waals surface area contributed by atoms with Gasteiger partial charge in [-0.1, -0.05) is 48.4 Å². The van der Waals surface area contributed by atoms with Crippen LogP contribution in [0.5, 0.6) is 0 Å². The van der Waals surface area contributed by atoms with Crippen LogP contribution >= 0.6 is 11.6 Å². The van der Waals surface area contributed by atoms with Crippen molar-refractivity contribution in [3.05, 3.63) is 51.8 Å². The molecule has 0 fully saturated rings. The Hall–Kier alpha value is -1.32. The zero-order chi connectivity index (χ0) is 13.8. The molecule has 3 nitrogen and oxygen atoms in total. The fourth-order valence-electron chi connectivity index (χ4n) is 2.04. The molecule has 0 spiro atoms. The standard InChI is InChI=1S/C15H20ClN3/c1-4-13-15(16)14(19(3)18-13)10-17-9-12-7-5-11(2)6-8-12/h5-8,17H,4,9-10H2,1-3H3. The summed E-state index contributed by atoms with van der Waals surface area (Å²) < 4.78 is 1.86. The molecule has 102 valence electrons. The van der Waals surface area contributed by atoms with E-state index < -0.39 is 0 Å². The van der Waals surface area contributed by atoms with Crippen LogP contribution in [0.15, 0.2) is 24.3 Å². The van der Waals surface area contributed by atoms with Gasteiger partial charge < -0.3 is 5.32 Å². The lowest BCUT2D eigenvalue weighted by atomic mass is 10.1. The molecule has 1 N–H and O–H groups in total. The molecule has 0 amide bonds. The van der Waals surface area contributed by atoms with E-state index in [1.165, 1.54) is 11.1 Å². The molecule has 0 aliphatic heterocycles. The Bertz CT molecular complexity index is 543. The number of benzene rings is 1. The van der Waals surface area contributed by atoms with E-state index in [9.17, 15) is 0 Å². The van der Waals surface area contributed by atoms with Crippen molar-refractivity contribution >= 4 is 11.6 Å². The maximum absolute atomic E-state index is 6.31. The van der Waals surface area contributed by atoms with Crippen molar-refractivity contribution in [3.63, 3.8) is 0 Å². The number of aryl methyl sites for hydroxylation is 3. The molecule has 0 bridgehead atoms. The van der Waals surface area contributed by atoms with E-state index in [2.05, 4.69) is 48.5 Å². The summed E-state index contributed by atoms with van der Waals surface area (Å²) in [5, 5.41) is 8.61. The molecule has 1 aromatic heterocycles. The summed E-state index contributed by atoms with van der Waals surface area (Å²) in [6.45, 7) is 5.73. The third kappa shape index (κ3) is 3.37. The maximum Gasteiger partial charge on any atom is 0.0863 e. The Kier molecular flexibility index (Phi) is 4.61. The predicted molar refractivity (Wildman–Crippen MR) is 79.3 cm³/mol. The minimum absolute atomic E-state index is 0.732. The van der Waals surface area contributed by atoms with Crippen LogP contribution in [0.25, 0.3) is 0 Å². The lowest BCUT2D eigenvalue weighted by Crippen LogP contribution is -2.15. The first-order valence-corrected chi connectivity index (χ1v) is 6.96. The van der Waals surface area contributed by atoms with Gasteiger partial charge in [0.15, 0.2) is 0 Å². The average Bonchev–Trinajstić information content (AvgIpc) is 2.68. The molecule has 1 aromatic carbocycles. The Morgan fingerprint density at radius 3 is 2.47 bits per heavy atom. The van der Waals surface area contributed by atoms with Crippen LogP contribution in [0.2, 0.25) is 5.02 Å². The molecule has 0 aliphatic carbocycles. The van der Waals surface area contributed by atoms with Crippen molar-refractivity contribution in [2.24, 2.45) is 7.05 Å². The van der Waals surface area contributed by atoms with Crippen LogP contribution in [-0.4, -0.2) is 9.78 Å². The number of halogens is 1. The van der Waals surface area contributed by atoms with Crippen molar-refractivity contribution in [3.8, 4) is 0 Å². The number of aromatic nitrogens is 2. The lowest BCUT2D eigenvalue weighted by Gasteiger charge is -2.06. The number of nitrogens with zero attached hydrogens (tertiary/aromatic N) is 2. The average molecular weight is 278 g/mol. The summed E-state index contributed by atoms with van der Waals surface area (Å²) in [4.78, 5) is 0. The highest BCUT2D eigenvalue weighted by atomic mass is 35.5. The highest BCUT2D eigenvalue weighted by molar-refractivity contribution is 6.31. The third-order valence-electron chi connectivity index (χ3n) is 3.25. The van der Waals surface area contributed by atoms with Gasteiger partial charge in [-0.3, -0.25) is 4.68 Å². The van der Waals surface area contributed by atoms with Gasteiger partial charge in [0, 0.05) is 20.1 Å². The van der Waals surface area contributed by atoms with Crippen molar-refractivity contribution in [2.45, 2.75) is 33.4 Å². The third-order valence-corrected chi connectivity index (χ3v) is 3.68. The normalized spacial score (nSPS) is 10.9. The van der Waals surface area contributed by atoms with Crippen molar-refractivity contribution in [2.75, 3.05) is 0 Å². The summed E-state index contributed by atoms with van der Waals surface area (Å²) in [5.74, 6) is 0. The highest BCUT2D eigenvalue weighted by Gasteiger charge is 2.11. The van der Waals surface area contributed by atoms with E-state index >= 15 is 0 Å². The fraction of sp³-hybridized carbons (Fsp3) is 0.400. The van der Waals surface area contributed by atoms with Gasteiger partial charge in [-0.05, 0) is 18.9 Å². The van der Waals surface area contributed by atoms with Crippen LogP contribution in [0.4, 0.5) is 0 Å². The highest BCUT2D eigenvalue weighted by Crippen LogP contribution is 2.20. The molecule has 2 rings (SSSR count). The summed E-state index contributed by atoms with van der Waals surface area (Å²) >= 11 is 6.31. The first kappa shape index (κ1) is 14.1. The molecule has 0 unspecified atom stereocenters. The monoisotopic (exact) mass is 277 g/mol. The van der Waals surface area contributed by atoms with Crippen LogP contribution in [0.3, 0.4) is 0 Å². The second-order valence-corrected chi connectivity index (χ2v) is 5.15. The zero-order valence-corrected chi connectivity index (χ0v) is 12.5. The van der Waals surface area contributed by atoms with Gasteiger partial charge >= 0.3 is 0 Å². The summed E-state index contributed by atoms with van der Waals surface area (Å²) in [7, 11) is 1.94. The van der Waals surface area contributed by atoms with Crippen molar-refractivity contribution in [1.29, 1.82) is 0 Å². The van der Waals surface area contributed by atoms with Gasteiger partial charge in [-0.15, -0.1) is 0 Å². The SMILES string of the molecule is CCc1nn(C)c(CNCc2ccc(C)cc2)c1Cl. The van der Waals surface area contributed by atoms with E-state index in [0.29, 0.717) is 0 Å². The Morgan fingerprint density at radius 2 is 1.89 bits per heavy atom. The molecule has 0 radical (unpaired) electrons. The van der Waals surface area contributed by atoms with Crippen LogP contribution in [0.1, 0.15) is 29.4 Å². The van der Waals surface area contributed by atoms with Gasteiger partial charge in [0.25, 0.3) is 0 Å². The summed E-state index contributed by atoms with van der Waals surface area (Å²) in [6.07, 6.45) is 0.866. The molecular weight excluding hydrogens is 258 g/mol. The van der Waals surface area contributed by atoms with Gasteiger partial charge in [-0.2, -0.15) is 5.10 Å². The quantitative estimate of drug-likeness (QED) is 0.909. The summed E-state index contributed by atoms with van der Waals surface area (Å²) in [6, 6.07) is 8.54. The van der Waals surface area contributed by atoms with Crippen LogP contribution in [0, 0.1) is 6.92 Å². The Balaban J connectivity index is 1.96. The maximum atomic E-state index is 6.31. The van der Waals surface area contributed by atoms with Crippen LogP contribution in [-0.2, 0) is 26.6 Å². The molecule has 1 heterocycles. The Labute approximate surface area is 119 Å². The first-order valence-electron chi connectivity index (χ1n) is 6.58. The number of hydrogen-bond acceptors (Lipinski definition) is 2. The van der Waals surface area contributed by atoms with E-state index in [1.54, 1.807) is 0 Å². The molecule has 0 saturated heterocycles. The van der Waals surface area contributed by atoms with Gasteiger partial charge in [0.1, 0.15) is 0 Å². The van der Waals surface area contributed by atoms with E-state index in [4.69, 9.17) is 11.6 Å². The minimum Gasteiger partial charge on any atom is -0.307 e. The Morgan fingerprint density at radius 1 is 1.21 bits per heavy atom. The molecule has 19 heavy (non-hydrogen) atoms. The molecule has 2 aromatic rings. The van der Waals surface area contributed by atoms with Gasteiger partial charge in [-0.25, -0.2) is 0 Å². The number of rotatable bonds is 5. The van der Waals surface area contributed by atoms with E-state index in [0.717, 1.165) is 35.9 Å². The minimum atomic E-state index is 0.732. The van der Waals surface area contributed by atoms with Crippen molar-refractivity contribution < 1.29 is 0 Å². The van der Waals surface area contributed by atoms with E-state index in [-0.39, 0.29) is 0 Å². The molecule has 4 heteroatoms.